The quantitative estimate of drug-likeness (QED) is 0.580. The third kappa shape index (κ3) is 5.54. The highest BCUT2D eigenvalue weighted by atomic mass is 16.6. The summed E-state index contributed by atoms with van der Waals surface area (Å²) in [7, 11) is 0. The SMILES string of the molecule is CC(C)(C)OC(=O)NCCC(=O)N1CCC(=C2c3ccccc3C=Cc3ccccc32)CC1. The second-order valence-electron chi connectivity index (χ2n) is 9.55. The summed E-state index contributed by atoms with van der Waals surface area (Å²) in [5, 5.41) is 2.67. The van der Waals surface area contributed by atoms with E-state index >= 15 is 0 Å². The fraction of sp³-hybridized carbons (Fsp3) is 0.357. The molecule has 1 saturated heterocycles. The maximum Gasteiger partial charge on any atom is 0.407 e. The number of hydrogen-bond donors (Lipinski definition) is 1. The zero-order valence-corrected chi connectivity index (χ0v) is 19.7. The van der Waals surface area contributed by atoms with Gasteiger partial charge in [0.25, 0.3) is 0 Å². The van der Waals surface area contributed by atoms with Crippen molar-refractivity contribution in [1.82, 2.24) is 10.2 Å². The lowest BCUT2D eigenvalue weighted by Gasteiger charge is -2.31. The molecule has 4 rings (SSSR count). The molecule has 0 aromatic heterocycles. The number of carbonyl (C=O) groups excluding carboxylic acids is 2. The molecular formula is C28H32N2O3. The van der Waals surface area contributed by atoms with Crippen molar-refractivity contribution in [3.8, 4) is 0 Å². The summed E-state index contributed by atoms with van der Waals surface area (Å²) in [4.78, 5) is 26.4. The molecule has 0 atom stereocenters. The van der Waals surface area contributed by atoms with Crippen LogP contribution in [0, 0.1) is 0 Å². The highest BCUT2D eigenvalue weighted by molar-refractivity contribution is 5.95. The number of rotatable bonds is 3. The molecule has 5 nitrogen and oxygen atoms in total. The van der Waals surface area contributed by atoms with Crippen LogP contribution in [0.5, 0.6) is 0 Å². The van der Waals surface area contributed by atoms with E-state index in [1.54, 1.807) is 0 Å². The van der Waals surface area contributed by atoms with Crippen molar-refractivity contribution in [2.75, 3.05) is 19.6 Å². The van der Waals surface area contributed by atoms with Gasteiger partial charge in [0.2, 0.25) is 5.91 Å². The van der Waals surface area contributed by atoms with Crippen LogP contribution in [0.2, 0.25) is 0 Å². The van der Waals surface area contributed by atoms with Crippen molar-refractivity contribution in [2.45, 2.75) is 45.6 Å². The highest BCUT2D eigenvalue weighted by Crippen LogP contribution is 2.38. The minimum Gasteiger partial charge on any atom is -0.444 e. The lowest BCUT2D eigenvalue weighted by Crippen LogP contribution is -2.39. The maximum atomic E-state index is 12.7. The highest BCUT2D eigenvalue weighted by Gasteiger charge is 2.24. The second kappa shape index (κ2) is 9.65. The van der Waals surface area contributed by atoms with Gasteiger partial charge >= 0.3 is 6.09 Å². The number of likely N-dealkylation sites (tertiary alicyclic amines) is 1. The molecule has 0 unspecified atom stereocenters. The summed E-state index contributed by atoms with van der Waals surface area (Å²) in [6.07, 6.45) is 5.88. The van der Waals surface area contributed by atoms with Crippen LogP contribution in [0.3, 0.4) is 0 Å². The van der Waals surface area contributed by atoms with Gasteiger partial charge in [0.1, 0.15) is 5.60 Å². The fourth-order valence-electron chi connectivity index (χ4n) is 4.47. The summed E-state index contributed by atoms with van der Waals surface area (Å²) in [5.41, 5.74) is 7.13. The number of nitrogens with one attached hydrogen (secondary N) is 1. The Labute approximate surface area is 196 Å². The lowest BCUT2D eigenvalue weighted by atomic mass is 9.86. The summed E-state index contributed by atoms with van der Waals surface area (Å²) >= 11 is 0. The van der Waals surface area contributed by atoms with Gasteiger partial charge in [-0.25, -0.2) is 4.79 Å². The van der Waals surface area contributed by atoms with Gasteiger partial charge in [-0.3, -0.25) is 4.79 Å². The van der Waals surface area contributed by atoms with Crippen molar-refractivity contribution in [2.24, 2.45) is 0 Å². The zero-order valence-electron chi connectivity index (χ0n) is 19.7. The van der Waals surface area contributed by atoms with Crippen LogP contribution in [0.1, 0.15) is 62.3 Å². The fourth-order valence-corrected chi connectivity index (χ4v) is 4.47. The Morgan fingerprint density at radius 1 is 0.909 bits per heavy atom. The van der Waals surface area contributed by atoms with Gasteiger partial charge in [0.15, 0.2) is 0 Å². The van der Waals surface area contributed by atoms with Gasteiger partial charge < -0.3 is 15.0 Å². The summed E-state index contributed by atoms with van der Waals surface area (Å²) < 4.78 is 5.23. The van der Waals surface area contributed by atoms with Crippen LogP contribution in [-0.2, 0) is 9.53 Å². The first kappa shape index (κ1) is 22.8. The summed E-state index contributed by atoms with van der Waals surface area (Å²) in [5.74, 6) is 0.0680. The molecule has 172 valence electrons. The van der Waals surface area contributed by atoms with Crippen molar-refractivity contribution < 1.29 is 14.3 Å². The number of alkyl carbamates (subject to hydrolysis) is 1. The van der Waals surface area contributed by atoms with Crippen LogP contribution in [0.15, 0.2) is 54.1 Å². The topological polar surface area (TPSA) is 58.6 Å². The Morgan fingerprint density at radius 3 is 2.00 bits per heavy atom. The van der Waals surface area contributed by atoms with Crippen molar-refractivity contribution in [3.63, 3.8) is 0 Å². The van der Waals surface area contributed by atoms with E-state index in [1.165, 1.54) is 33.4 Å². The zero-order chi connectivity index (χ0) is 23.4. The first-order valence-electron chi connectivity index (χ1n) is 11.7. The predicted molar refractivity (Wildman–Crippen MR) is 133 cm³/mol. The van der Waals surface area contributed by atoms with Gasteiger partial charge in [-0.2, -0.15) is 0 Å². The monoisotopic (exact) mass is 444 g/mol. The molecule has 0 radical (unpaired) electrons. The molecule has 0 bridgehead atoms. The second-order valence-corrected chi connectivity index (χ2v) is 9.55. The number of piperidine rings is 1. The predicted octanol–water partition coefficient (Wildman–Crippen LogP) is 5.51. The standard InChI is InChI=1S/C28H32N2O3/c1-28(2,3)33-27(32)29-17-14-25(31)30-18-15-22(16-19-30)26-23-10-6-4-8-20(23)12-13-21-9-5-7-11-24(21)26/h4-13H,14-19H2,1-3H3,(H,29,32). The molecule has 33 heavy (non-hydrogen) atoms. The average molecular weight is 445 g/mol. The number of ether oxygens (including phenoxy) is 1. The summed E-state index contributed by atoms with van der Waals surface area (Å²) in [6, 6.07) is 17.1. The minimum atomic E-state index is -0.546. The van der Waals surface area contributed by atoms with Crippen LogP contribution < -0.4 is 5.32 Å². The number of benzene rings is 2. The lowest BCUT2D eigenvalue weighted by molar-refractivity contribution is -0.131. The van der Waals surface area contributed by atoms with Crippen LogP contribution in [-0.4, -0.2) is 42.1 Å². The number of fused-ring (bicyclic) bond motifs is 2. The first-order valence-corrected chi connectivity index (χ1v) is 11.7. The van der Waals surface area contributed by atoms with E-state index in [-0.39, 0.29) is 18.9 Å². The van der Waals surface area contributed by atoms with Crippen LogP contribution >= 0.6 is 0 Å². The van der Waals surface area contributed by atoms with Gasteiger partial charge in [-0.05, 0) is 61.4 Å². The number of nitrogens with zero attached hydrogens (tertiary/aromatic N) is 1. The van der Waals surface area contributed by atoms with E-state index in [1.807, 2.05) is 25.7 Å². The molecule has 0 spiro atoms. The van der Waals surface area contributed by atoms with Crippen LogP contribution in [0.25, 0.3) is 17.7 Å². The van der Waals surface area contributed by atoms with E-state index in [2.05, 4.69) is 66.0 Å². The Morgan fingerprint density at radius 2 is 1.45 bits per heavy atom. The average Bonchev–Trinajstić information content (AvgIpc) is 2.95. The normalized spacial score (nSPS) is 15.4. The Kier molecular flexibility index (Phi) is 6.68. The van der Waals surface area contributed by atoms with E-state index in [0.29, 0.717) is 13.1 Å². The Balaban J connectivity index is 1.44. The third-order valence-corrected chi connectivity index (χ3v) is 5.98. The molecule has 1 N–H and O–H groups in total. The molecule has 2 amide bonds. The van der Waals surface area contributed by atoms with Crippen molar-refractivity contribution in [3.05, 3.63) is 76.4 Å². The molecule has 1 fully saturated rings. The molecule has 2 aliphatic rings. The van der Waals surface area contributed by atoms with Crippen molar-refractivity contribution >= 4 is 29.7 Å². The van der Waals surface area contributed by atoms with E-state index in [9.17, 15) is 9.59 Å². The van der Waals surface area contributed by atoms with Gasteiger partial charge in [-0.1, -0.05) is 66.3 Å². The number of hydrogen-bond acceptors (Lipinski definition) is 3. The molecular weight excluding hydrogens is 412 g/mol. The van der Waals surface area contributed by atoms with Crippen molar-refractivity contribution in [1.29, 1.82) is 0 Å². The summed E-state index contributed by atoms with van der Waals surface area (Å²) in [6.45, 7) is 7.13. The number of amides is 2. The number of carbonyl (C=O) groups is 2. The molecule has 2 aromatic rings. The van der Waals surface area contributed by atoms with Gasteiger partial charge in [0.05, 0.1) is 0 Å². The molecule has 1 heterocycles. The molecule has 2 aromatic carbocycles. The van der Waals surface area contributed by atoms with Gasteiger partial charge in [0, 0.05) is 26.1 Å². The van der Waals surface area contributed by atoms with E-state index in [4.69, 9.17) is 4.74 Å². The largest absolute Gasteiger partial charge is 0.444 e. The molecule has 1 aliphatic carbocycles. The maximum absolute atomic E-state index is 12.7. The third-order valence-electron chi connectivity index (χ3n) is 5.98. The van der Waals surface area contributed by atoms with Crippen LogP contribution in [0.4, 0.5) is 4.79 Å². The molecule has 5 heteroatoms. The van der Waals surface area contributed by atoms with E-state index < -0.39 is 11.7 Å². The Bertz CT molecular complexity index is 1050. The molecule has 1 aliphatic heterocycles. The van der Waals surface area contributed by atoms with Gasteiger partial charge in [-0.15, -0.1) is 0 Å². The smallest absolute Gasteiger partial charge is 0.407 e. The van der Waals surface area contributed by atoms with E-state index in [0.717, 1.165) is 12.8 Å². The first-order chi connectivity index (χ1) is 15.8. The Hall–Kier alpha value is -3.34. The minimum absolute atomic E-state index is 0.0680. The molecule has 0 saturated carbocycles.